The minimum atomic E-state index is -3.41. The van der Waals surface area contributed by atoms with Crippen molar-refractivity contribution in [1.29, 1.82) is 0 Å². The number of carbonyl (C=O) groups is 1. The molecule has 1 aromatic carbocycles. The predicted molar refractivity (Wildman–Crippen MR) is 129 cm³/mol. The van der Waals surface area contributed by atoms with Gasteiger partial charge in [0.25, 0.3) is 0 Å². The SMILES string of the molecule is CC(C)(C)C(=O)Cn1cc(-c2c[nH]c3c(c2=O)Cc2cc(NS(C)(=O)=O)ccc2C=C3)cn1. The van der Waals surface area contributed by atoms with E-state index >= 15 is 0 Å². The Labute approximate surface area is 192 Å². The lowest BCUT2D eigenvalue weighted by molar-refractivity contribution is -0.127. The summed E-state index contributed by atoms with van der Waals surface area (Å²) in [6, 6.07) is 5.27. The number of anilines is 1. The van der Waals surface area contributed by atoms with Gasteiger partial charge in [0.15, 0.2) is 11.2 Å². The predicted octanol–water partition coefficient (Wildman–Crippen LogP) is 3.30. The van der Waals surface area contributed by atoms with Crippen molar-refractivity contribution in [3.05, 3.63) is 69.4 Å². The molecule has 0 amide bonds. The first-order valence-corrected chi connectivity index (χ1v) is 12.4. The number of ketones is 1. The van der Waals surface area contributed by atoms with Gasteiger partial charge in [-0.25, -0.2) is 8.42 Å². The van der Waals surface area contributed by atoms with Gasteiger partial charge in [-0.05, 0) is 29.3 Å². The van der Waals surface area contributed by atoms with Crippen molar-refractivity contribution < 1.29 is 13.2 Å². The number of sulfonamides is 1. The second-order valence-corrected chi connectivity index (χ2v) is 11.1. The maximum atomic E-state index is 13.4. The number of Topliss-reactive ketones (excluding diaryl/α,β-unsaturated/α-hetero) is 1. The van der Waals surface area contributed by atoms with E-state index in [9.17, 15) is 18.0 Å². The molecule has 8 nitrogen and oxygen atoms in total. The second-order valence-electron chi connectivity index (χ2n) is 9.32. The van der Waals surface area contributed by atoms with E-state index in [2.05, 4.69) is 14.8 Å². The van der Waals surface area contributed by atoms with Crippen molar-refractivity contribution in [3.8, 4) is 11.1 Å². The Morgan fingerprint density at radius 2 is 2.00 bits per heavy atom. The summed E-state index contributed by atoms with van der Waals surface area (Å²) in [7, 11) is -3.41. The summed E-state index contributed by atoms with van der Waals surface area (Å²) in [5.41, 5.74) is 3.96. The summed E-state index contributed by atoms with van der Waals surface area (Å²) < 4.78 is 27.2. The average Bonchev–Trinajstić information content (AvgIpc) is 3.07. The van der Waals surface area contributed by atoms with E-state index < -0.39 is 15.4 Å². The minimum Gasteiger partial charge on any atom is -0.361 e. The number of nitrogens with zero attached hydrogens (tertiary/aromatic N) is 2. The summed E-state index contributed by atoms with van der Waals surface area (Å²) in [5, 5.41) is 4.26. The fourth-order valence-electron chi connectivity index (χ4n) is 3.66. The average molecular weight is 467 g/mol. The second kappa shape index (κ2) is 8.15. The molecule has 9 heteroatoms. The van der Waals surface area contributed by atoms with Crippen LogP contribution in [-0.2, 0) is 27.8 Å². The van der Waals surface area contributed by atoms with E-state index in [1.165, 1.54) is 0 Å². The lowest BCUT2D eigenvalue weighted by Crippen LogP contribution is -2.25. The van der Waals surface area contributed by atoms with Crippen molar-refractivity contribution in [2.75, 3.05) is 11.0 Å². The Bertz CT molecular complexity index is 1440. The summed E-state index contributed by atoms with van der Waals surface area (Å²) >= 11 is 0. The number of pyridine rings is 1. The van der Waals surface area contributed by atoms with E-state index in [-0.39, 0.29) is 17.8 Å². The molecule has 4 rings (SSSR count). The van der Waals surface area contributed by atoms with Crippen LogP contribution in [-0.4, -0.2) is 35.2 Å². The lowest BCUT2D eigenvalue weighted by Gasteiger charge is -2.16. The fourth-order valence-corrected chi connectivity index (χ4v) is 4.22. The highest BCUT2D eigenvalue weighted by Crippen LogP contribution is 2.27. The lowest BCUT2D eigenvalue weighted by atomic mass is 9.91. The molecule has 0 bridgehead atoms. The molecule has 2 aromatic heterocycles. The Morgan fingerprint density at radius 1 is 1.24 bits per heavy atom. The standard InChI is InChI=1S/C24H26N4O4S/c1-24(2,3)22(29)14-28-13-17(11-26-28)20-12-25-21-8-6-15-5-7-18(27-33(4,31)32)9-16(15)10-19(21)23(20)30/h5-9,11-13,27H,10,14H2,1-4H3,(H,25,30). The maximum absolute atomic E-state index is 13.4. The third-order valence-electron chi connectivity index (χ3n) is 5.55. The molecule has 0 radical (unpaired) electrons. The third kappa shape index (κ3) is 4.98. The van der Waals surface area contributed by atoms with Crippen LogP contribution in [0.1, 0.15) is 43.2 Å². The smallest absolute Gasteiger partial charge is 0.229 e. The van der Waals surface area contributed by atoms with Gasteiger partial charge in [-0.15, -0.1) is 0 Å². The molecule has 1 aliphatic rings. The Kier molecular flexibility index (Phi) is 5.61. The Balaban J connectivity index is 1.68. The highest BCUT2D eigenvalue weighted by Gasteiger charge is 2.22. The van der Waals surface area contributed by atoms with Crippen molar-refractivity contribution in [2.45, 2.75) is 33.7 Å². The first-order valence-electron chi connectivity index (χ1n) is 10.5. The summed E-state index contributed by atoms with van der Waals surface area (Å²) in [4.78, 5) is 28.9. The number of aromatic amines is 1. The number of benzene rings is 1. The molecule has 2 heterocycles. The van der Waals surface area contributed by atoms with Crippen LogP contribution < -0.4 is 10.2 Å². The van der Waals surface area contributed by atoms with Crippen LogP contribution in [0.3, 0.4) is 0 Å². The summed E-state index contributed by atoms with van der Waals surface area (Å²) in [5.74, 6) is 0.0493. The molecule has 0 saturated carbocycles. The highest BCUT2D eigenvalue weighted by atomic mass is 32.2. The molecule has 172 valence electrons. The quantitative estimate of drug-likeness (QED) is 0.468. The van der Waals surface area contributed by atoms with Crippen LogP contribution in [0.5, 0.6) is 0 Å². The molecule has 2 N–H and O–H groups in total. The van der Waals surface area contributed by atoms with E-state index in [0.717, 1.165) is 17.4 Å². The fraction of sp³-hybridized carbons (Fsp3) is 0.292. The van der Waals surface area contributed by atoms with Crippen LogP contribution >= 0.6 is 0 Å². The molecule has 3 aromatic rings. The minimum absolute atomic E-state index is 0.0493. The van der Waals surface area contributed by atoms with Crippen LogP contribution in [0.2, 0.25) is 0 Å². The van der Waals surface area contributed by atoms with Gasteiger partial charge in [0.2, 0.25) is 10.0 Å². The van der Waals surface area contributed by atoms with Crippen LogP contribution in [0, 0.1) is 5.41 Å². The summed E-state index contributed by atoms with van der Waals surface area (Å²) in [6.45, 7) is 5.72. The maximum Gasteiger partial charge on any atom is 0.229 e. The first kappa shape index (κ1) is 22.7. The van der Waals surface area contributed by atoms with Crippen LogP contribution in [0.15, 0.2) is 41.6 Å². The topological polar surface area (TPSA) is 114 Å². The van der Waals surface area contributed by atoms with Crippen molar-refractivity contribution in [3.63, 3.8) is 0 Å². The van der Waals surface area contributed by atoms with Crippen molar-refractivity contribution >= 4 is 33.6 Å². The number of hydrogen-bond acceptors (Lipinski definition) is 5. The number of carbonyl (C=O) groups excluding carboxylic acids is 1. The van der Waals surface area contributed by atoms with Gasteiger partial charge in [0.1, 0.15) is 6.54 Å². The molecule has 0 fully saturated rings. The normalized spacial score (nSPS) is 13.2. The molecule has 33 heavy (non-hydrogen) atoms. The van der Waals surface area contributed by atoms with E-state index in [1.807, 2.05) is 39.0 Å². The van der Waals surface area contributed by atoms with Gasteiger partial charge in [-0.1, -0.05) is 32.9 Å². The largest absolute Gasteiger partial charge is 0.361 e. The van der Waals surface area contributed by atoms with Gasteiger partial charge in [-0.2, -0.15) is 5.10 Å². The highest BCUT2D eigenvalue weighted by molar-refractivity contribution is 7.92. The van der Waals surface area contributed by atoms with Gasteiger partial charge >= 0.3 is 0 Å². The molecule has 0 aliphatic heterocycles. The molecule has 0 unspecified atom stereocenters. The number of H-pyrrole nitrogens is 1. The molecule has 0 spiro atoms. The zero-order valence-corrected chi connectivity index (χ0v) is 19.8. The Hall–Kier alpha value is -3.46. The molecule has 0 saturated heterocycles. The van der Waals surface area contributed by atoms with E-state index in [4.69, 9.17) is 0 Å². The number of nitrogens with one attached hydrogen (secondary N) is 2. The number of fused-ring (bicyclic) bond motifs is 2. The third-order valence-corrected chi connectivity index (χ3v) is 6.15. The van der Waals surface area contributed by atoms with Crippen LogP contribution in [0.4, 0.5) is 5.69 Å². The molecule has 1 aliphatic carbocycles. The van der Waals surface area contributed by atoms with E-state index in [1.54, 1.807) is 35.4 Å². The van der Waals surface area contributed by atoms with Gasteiger partial charge in [0, 0.05) is 52.3 Å². The summed E-state index contributed by atoms with van der Waals surface area (Å²) in [6.07, 6.45) is 10.1. The van der Waals surface area contributed by atoms with E-state index in [0.29, 0.717) is 34.5 Å². The van der Waals surface area contributed by atoms with Gasteiger partial charge in [0.05, 0.1) is 12.5 Å². The zero-order valence-electron chi connectivity index (χ0n) is 19.0. The molecule has 0 atom stereocenters. The monoisotopic (exact) mass is 466 g/mol. The van der Waals surface area contributed by atoms with Crippen molar-refractivity contribution in [2.24, 2.45) is 5.41 Å². The molecular weight excluding hydrogens is 440 g/mol. The number of rotatable bonds is 5. The van der Waals surface area contributed by atoms with Gasteiger partial charge < -0.3 is 4.98 Å². The first-order chi connectivity index (χ1) is 15.4. The molecular formula is C24H26N4O4S. The number of hydrogen-bond donors (Lipinski definition) is 2. The van der Waals surface area contributed by atoms with Crippen LogP contribution in [0.25, 0.3) is 23.3 Å². The van der Waals surface area contributed by atoms with Crippen molar-refractivity contribution in [1.82, 2.24) is 14.8 Å². The Morgan fingerprint density at radius 3 is 2.70 bits per heavy atom. The van der Waals surface area contributed by atoms with Gasteiger partial charge in [-0.3, -0.25) is 19.0 Å². The zero-order chi connectivity index (χ0) is 24.0. The number of aromatic nitrogens is 3.